The maximum Gasteiger partial charge on any atom is 0.343 e. The second-order valence-corrected chi connectivity index (χ2v) is 6.97. The molecule has 3 amide bonds. The number of benzene rings is 1. The van der Waals surface area contributed by atoms with Gasteiger partial charge in [-0.1, -0.05) is 48.7 Å². The van der Waals surface area contributed by atoms with Crippen molar-refractivity contribution in [3.63, 3.8) is 0 Å². The molecule has 1 aromatic carbocycles. The van der Waals surface area contributed by atoms with Crippen molar-refractivity contribution in [2.75, 3.05) is 10.7 Å². The molecule has 0 aromatic heterocycles. The Morgan fingerprint density at radius 1 is 1.22 bits per heavy atom. The Morgan fingerprint density at radius 2 is 1.91 bits per heavy atom. The molecule has 3 rings (SSSR count). The van der Waals surface area contributed by atoms with Crippen LogP contribution in [0.1, 0.15) is 37.7 Å². The van der Waals surface area contributed by atoms with E-state index in [-0.39, 0.29) is 18.0 Å². The number of aliphatic imine (C=N–C) groups is 1. The summed E-state index contributed by atoms with van der Waals surface area (Å²) in [6.45, 7) is 2.00. The van der Waals surface area contributed by atoms with Crippen LogP contribution in [0.2, 0.25) is 0 Å². The molecule has 0 spiro atoms. The summed E-state index contributed by atoms with van der Waals surface area (Å²) in [6, 6.07) is 7.54. The van der Waals surface area contributed by atoms with Gasteiger partial charge in [0.1, 0.15) is 0 Å². The van der Waals surface area contributed by atoms with Crippen LogP contribution >= 0.6 is 11.8 Å². The molecule has 5 nitrogen and oxygen atoms in total. The number of thioether (sulfide) groups is 1. The molecule has 23 heavy (non-hydrogen) atoms. The molecular weight excluding hydrogens is 310 g/mol. The smallest absolute Gasteiger partial charge is 0.333 e. The lowest BCUT2D eigenvalue weighted by molar-refractivity contribution is -0.115. The third-order valence-electron chi connectivity index (χ3n) is 4.19. The van der Waals surface area contributed by atoms with Gasteiger partial charge in [-0.3, -0.25) is 9.69 Å². The van der Waals surface area contributed by atoms with Crippen LogP contribution in [-0.2, 0) is 4.79 Å². The fourth-order valence-corrected chi connectivity index (χ4v) is 3.80. The summed E-state index contributed by atoms with van der Waals surface area (Å²) in [6.07, 6.45) is 5.59. The largest absolute Gasteiger partial charge is 0.343 e. The van der Waals surface area contributed by atoms with Crippen LogP contribution in [-0.4, -0.2) is 28.9 Å². The summed E-state index contributed by atoms with van der Waals surface area (Å²) in [5.41, 5.74) is 1.89. The van der Waals surface area contributed by atoms with Crippen LogP contribution < -0.4 is 10.2 Å². The molecule has 6 heteroatoms. The van der Waals surface area contributed by atoms with Gasteiger partial charge in [0, 0.05) is 6.04 Å². The van der Waals surface area contributed by atoms with Crippen molar-refractivity contribution in [2.45, 2.75) is 45.1 Å². The quantitative estimate of drug-likeness (QED) is 0.902. The number of hydrogen-bond acceptors (Lipinski definition) is 3. The minimum absolute atomic E-state index is 0.0388. The van der Waals surface area contributed by atoms with Crippen molar-refractivity contribution < 1.29 is 9.59 Å². The molecule has 1 saturated carbocycles. The summed E-state index contributed by atoms with van der Waals surface area (Å²) < 4.78 is 0. The van der Waals surface area contributed by atoms with Crippen molar-refractivity contribution in [1.29, 1.82) is 0 Å². The number of hydrogen-bond donors (Lipinski definition) is 1. The van der Waals surface area contributed by atoms with Crippen molar-refractivity contribution >= 4 is 34.6 Å². The van der Waals surface area contributed by atoms with Crippen LogP contribution in [0.4, 0.5) is 10.5 Å². The first-order valence-corrected chi connectivity index (χ1v) is 9.03. The Balaban J connectivity index is 1.72. The van der Waals surface area contributed by atoms with Crippen molar-refractivity contribution in [3.8, 4) is 0 Å². The Bertz CT molecular complexity index is 621. The Labute approximate surface area is 140 Å². The monoisotopic (exact) mass is 331 g/mol. The first-order valence-electron chi connectivity index (χ1n) is 8.05. The number of amides is 3. The second kappa shape index (κ2) is 7.17. The second-order valence-electron chi connectivity index (χ2n) is 6.03. The number of carbonyl (C=O) groups is 2. The van der Waals surface area contributed by atoms with E-state index in [9.17, 15) is 9.59 Å². The van der Waals surface area contributed by atoms with Gasteiger partial charge in [0.15, 0.2) is 5.17 Å². The predicted molar refractivity (Wildman–Crippen MR) is 94.0 cm³/mol. The van der Waals surface area contributed by atoms with Gasteiger partial charge in [-0.2, -0.15) is 4.99 Å². The zero-order valence-corrected chi connectivity index (χ0v) is 14.1. The van der Waals surface area contributed by atoms with Crippen molar-refractivity contribution in [1.82, 2.24) is 5.32 Å². The lowest BCUT2D eigenvalue weighted by Crippen LogP contribution is -2.36. The Kier molecular flexibility index (Phi) is 5.00. The van der Waals surface area contributed by atoms with Gasteiger partial charge < -0.3 is 5.32 Å². The summed E-state index contributed by atoms with van der Waals surface area (Å²) in [5.74, 6) is 0.284. The van der Waals surface area contributed by atoms with Gasteiger partial charge >= 0.3 is 6.03 Å². The van der Waals surface area contributed by atoms with Crippen molar-refractivity contribution in [3.05, 3.63) is 29.8 Å². The average molecular weight is 331 g/mol. The van der Waals surface area contributed by atoms with Gasteiger partial charge in [0.25, 0.3) is 0 Å². The highest BCUT2D eigenvalue weighted by atomic mass is 32.2. The summed E-state index contributed by atoms with van der Waals surface area (Å²) >= 11 is 1.31. The van der Waals surface area contributed by atoms with Gasteiger partial charge in [0.05, 0.1) is 11.4 Å². The maximum absolute atomic E-state index is 12.2. The van der Waals surface area contributed by atoms with Crippen molar-refractivity contribution in [2.24, 2.45) is 4.99 Å². The lowest BCUT2D eigenvalue weighted by Gasteiger charge is -2.22. The molecule has 0 atom stereocenters. The summed E-state index contributed by atoms with van der Waals surface area (Å²) in [7, 11) is 0. The highest BCUT2D eigenvalue weighted by Crippen LogP contribution is 2.27. The molecule has 1 aliphatic heterocycles. The highest BCUT2D eigenvalue weighted by molar-refractivity contribution is 8.15. The molecular formula is C17H21N3O2S. The maximum atomic E-state index is 12.2. The average Bonchev–Trinajstić information content (AvgIpc) is 2.90. The van der Waals surface area contributed by atoms with E-state index in [0.717, 1.165) is 36.9 Å². The number of carbonyl (C=O) groups excluding carboxylic acids is 2. The molecule has 2 fully saturated rings. The molecule has 1 aliphatic carbocycles. The molecule has 0 radical (unpaired) electrons. The van der Waals surface area contributed by atoms with E-state index >= 15 is 0 Å². The molecule has 2 aliphatic rings. The fraction of sp³-hybridized carbons (Fsp3) is 0.471. The van der Waals surface area contributed by atoms with Crippen LogP contribution in [0.15, 0.2) is 29.3 Å². The van der Waals surface area contributed by atoms with Crippen LogP contribution in [0.3, 0.4) is 0 Å². The molecule has 1 N–H and O–H groups in total. The number of aryl methyl sites for hydroxylation is 1. The number of amidine groups is 1. The van der Waals surface area contributed by atoms with Crippen LogP contribution in [0.25, 0.3) is 0 Å². The third kappa shape index (κ3) is 3.93. The van der Waals surface area contributed by atoms with Gasteiger partial charge in [-0.15, -0.1) is 0 Å². The fourth-order valence-electron chi connectivity index (χ4n) is 2.93. The number of nitrogens with zero attached hydrogens (tertiary/aromatic N) is 2. The molecule has 1 heterocycles. The topological polar surface area (TPSA) is 61.8 Å². The standard InChI is InChI=1S/C17H21N3O2S/c1-12-7-9-14(10-8-12)20-15(21)11-23-17(20)19-16(22)18-13-5-3-2-4-6-13/h7-10,13H,2-6,11H2,1H3,(H,18,22). The molecule has 122 valence electrons. The van der Waals surface area contributed by atoms with Gasteiger partial charge in [-0.05, 0) is 31.9 Å². The normalized spacial score (nSPS) is 21.0. The van der Waals surface area contributed by atoms with E-state index in [1.807, 2.05) is 31.2 Å². The Morgan fingerprint density at radius 3 is 2.61 bits per heavy atom. The van der Waals surface area contributed by atoms with Gasteiger partial charge in [-0.25, -0.2) is 4.79 Å². The minimum Gasteiger partial charge on any atom is -0.333 e. The zero-order valence-electron chi connectivity index (χ0n) is 13.2. The predicted octanol–water partition coefficient (Wildman–Crippen LogP) is 3.47. The van der Waals surface area contributed by atoms with E-state index in [2.05, 4.69) is 10.3 Å². The van der Waals surface area contributed by atoms with Crippen LogP contribution in [0.5, 0.6) is 0 Å². The lowest BCUT2D eigenvalue weighted by atomic mass is 9.96. The third-order valence-corrected chi connectivity index (χ3v) is 5.11. The number of rotatable bonds is 2. The van der Waals surface area contributed by atoms with Crippen LogP contribution in [0, 0.1) is 6.92 Å². The van der Waals surface area contributed by atoms with E-state index in [0.29, 0.717) is 10.9 Å². The first kappa shape index (κ1) is 16.1. The summed E-state index contributed by atoms with van der Waals surface area (Å²) in [4.78, 5) is 30.0. The molecule has 0 bridgehead atoms. The van der Waals surface area contributed by atoms with E-state index < -0.39 is 0 Å². The first-order chi connectivity index (χ1) is 11.1. The molecule has 1 aromatic rings. The van der Waals surface area contributed by atoms with E-state index in [1.165, 1.54) is 23.1 Å². The number of nitrogens with one attached hydrogen (secondary N) is 1. The molecule has 1 saturated heterocycles. The minimum atomic E-state index is -0.341. The summed E-state index contributed by atoms with van der Waals surface area (Å²) in [5, 5.41) is 3.43. The number of urea groups is 1. The highest BCUT2D eigenvalue weighted by Gasteiger charge is 2.30. The SMILES string of the molecule is Cc1ccc(N2C(=O)CSC2=NC(=O)NC2CCCCC2)cc1. The molecule has 0 unspecified atom stereocenters. The van der Waals surface area contributed by atoms with E-state index in [4.69, 9.17) is 0 Å². The Hall–Kier alpha value is -1.82. The van der Waals surface area contributed by atoms with Gasteiger partial charge in [0.2, 0.25) is 5.91 Å². The zero-order chi connectivity index (χ0) is 16.2. The van der Waals surface area contributed by atoms with E-state index in [1.54, 1.807) is 0 Å². The number of anilines is 1.